The highest BCUT2D eigenvalue weighted by Crippen LogP contribution is 2.24. The normalized spacial score (nSPS) is 21.3. The molecule has 1 saturated carbocycles. The number of ether oxygens (including phenoxy) is 1. The Labute approximate surface area is 119 Å². The first-order valence-electron chi connectivity index (χ1n) is 6.39. The van der Waals surface area contributed by atoms with E-state index in [0.717, 1.165) is 6.42 Å². The second kappa shape index (κ2) is 6.13. The summed E-state index contributed by atoms with van der Waals surface area (Å²) in [4.78, 5) is 21.5. The summed E-state index contributed by atoms with van der Waals surface area (Å²) in [5.41, 5.74) is -1.72. The molecule has 1 aliphatic carbocycles. The number of hydrogen-bond donors (Lipinski definition) is 1. The molecule has 0 aliphatic heterocycles. The van der Waals surface area contributed by atoms with Gasteiger partial charge in [0.1, 0.15) is 5.82 Å². The Bertz CT molecular complexity index is 580. The van der Waals surface area contributed by atoms with E-state index in [1.165, 1.54) is 0 Å². The Hall–Kier alpha value is -2.09. The van der Waals surface area contributed by atoms with Gasteiger partial charge in [-0.3, -0.25) is 14.9 Å². The number of methoxy groups -OCH3 is 1. The van der Waals surface area contributed by atoms with Crippen molar-refractivity contribution in [3.05, 3.63) is 39.4 Å². The molecule has 1 N–H and O–H groups in total. The topological polar surface area (TPSA) is 81.5 Å². The maximum absolute atomic E-state index is 13.9. The van der Waals surface area contributed by atoms with Crippen molar-refractivity contribution in [1.29, 1.82) is 0 Å². The summed E-state index contributed by atoms with van der Waals surface area (Å²) in [6, 6.07) is 0.882. The monoisotopic (exact) mass is 300 g/mol. The van der Waals surface area contributed by atoms with Crippen molar-refractivity contribution in [2.75, 3.05) is 7.11 Å². The fraction of sp³-hybridized carbons (Fsp3) is 0.462. The van der Waals surface area contributed by atoms with E-state index in [4.69, 9.17) is 4.74 Å². The molecule has 6 nitrogen and oxygen atoms in total. The molecule has 0 bridgehead atoms. The number of carbonyl (C=O) groups excluding carboxylic acids is 1. The number of nitro groups is 1. The summed E-state index contributed by atoms with van der Waals surface area (Å²) in [6.07, 6.45) is 2.00. The number of rotatable bonds is 4. The molecule has 114 valence electrons. The molecule has 8 heteroatoms. The van der Waals surface area contributed by atoms with Crippen LogP contribution >= 0.6 is 0 Å². The van der Waals surface area contributed by atoms with Crippen LogP contribution in [0.3, 0.4) is 0 Å². The molecule has 1 fully saturated rings. The number of nitrogens with one attached hydrogen (secondary N) is 1. The van der Waals surface area contributed by atoms with Crippen molar-refractivity contribution in [2.45, 2.75) is 31.4 Å². The largest absolute Gasteiger partial charge is 0.381 e. The zero-order valence-corrected chi connectivity index (χ0v) is 11.3. The van der Waals surface area contributed by atoms with Crippen molar-refractivity contribution < 1.29 is 23.2 Å². The molecular weight excluding hydrogens is 286 g/mol. The van der Waals surface area contributed by atoms with Gasteiger partial charge in [-0.2, -0.15) is 4.39 Å². The van der Waals surface area contributed by atoms with Gasteiger partial charge in [0.2, 0.25) is 5.82 Å². The van der Waals surface area contributed by atoms with Gasteiger partial charge in [-0.1, -0.05) is 0 Å². The van der Waals surface area contributed by atoms with Crippen LogP contribution in [0, 0.1) is 21.7 Å². The number of benzene rings is 1. The van der Waals surface area contributed by atoms with Gasteiger partial charge in [0.15, 0.2) is 0 Å². The van der Waals surface area contributed by atoms with E-state index in [9.17, 15) is 23.7 Å². The van der Waals surface area contributed by atoms with Gasteiger partial charge in [0, 0.05) is 13.2 Å². The second-order valence-corrected chi connectivity index (χ2v) is 4.88. The number of nitrogens with zero attached hydrogens (tertiary/aromatic N) is 1. The van der Waals surface area contributed by atoms with Crippen LogP contribution in [0.5, 0.6) is 0 Å². The van der Waals surface area contributed by atoms with Crippen LogP contribution in [-0.2, 0) is 4.74 Å². The standard InChI is InChI=1S/C13H14F2N2O4/c1-21-9-3-2-8(6-9)16-13(18)10-4-7(14)5-11(12(10)15)17(19)20/h4-5,8-9H,2-3,6H2,1H3,(H,16,18). The molecule has 1 aliphatic rings. The number of halogens is 2. The number of carbonyl (C=O) groups is 1. The van der Waals surface area contributed by atoms with E-state index in [1.54, 1.807) is 7.11 Å². The Morgan fingerprint density at radius 1 is 1.43 bits per heavy atom. The number of hydrogen-bond acceptors (Lipinski definition) is 4. The lowest BCUT2D eigenvalue weighted by atomic mass is 10.1. The molecule has 1 aromatic rings. The third-order valence-corrected chi connectivity index (χ3v) is 3.51. The summed E-state index contributed by atoms with van der Waals surface area (Å²) in [6.45, 7) is 0. The molecule has 0 heterocycles. The molecule has 2 atom stereocenters. The van der Waals surface area contributed by atoms with Crippen LogP contribution < -0.4 is 5.32 Å². The molecule has 0 radical (unpaired) electrons. The highest BCUT2D eigenvalue weighted by Gasteiger charge is 2.29. The van der Waals surface area contributed by atoms with Crippen molar-refractivity contribution in [2.24, 2.45) is 0 Å². The smallest absolute Gasteiger partial charge is 0.308 e. The molecule has 1 amide bonds. The average molecular weight is 300 g/mol. The quantitative estimate of drug-likeness (QED) is 0.682. The SMILES string of the molecule is COC1CCC(NC(=O)c2cc(F)cc([N+](=O)[O-])c2F)C1. The maximum Gasteiger partial charge on any atom is 0.308 e. The van der Waals surface area contributed by atoms with Crippen molar-refractivity contribution in [3.8, 4) is 0 Å². The molecule has 2 rings (SSSR count). The summed E-state index contributed by atoms with van der Waals surface area (Å²) < 4.78 is 32.3. The van der Waals surface area contributed by atoms with Gasteiger partial charge < -0.3 is 10.1 Å². The van der Waals surface area contributed by atoms with Gasteiger partial charge in [0.25, 0.3) is 5.91 Å². The van der Waals surface area contributed by atoms with Gasteiger partial charge >= 0.3 is 5.69 Å². The Morgan fingerprint density at radius 3 is 2.71 bits per heavy atom. The second-order valence-electron chi connectivity index (χ2n) is 4.88. The average Bonchev–Trinajstić information content (AvgIpc) is 2.88. The van der Waals surface area contributed by atoms with Crippen LogP contribution in [0.25, 0.3) is 0 Å². The number of amides is 1. The zero-order valence-electron chi connectivity index (χ0n) is 11.3. The minimum Gasteiger partial charge on any atom is -0.381 e. The van der Waals surface area contributed by atoms with Gasteiger partial charge in [0.05, 0.1) is 22.7 Å². The van der Waals surface area contributed by atoms with E-state index in [1.807, 2.05) is 0 Å². The molecule has 0 spiro atoms. The summed E-state index contributed by atoms with van der Waals surface area (Å²) in [7, 11) is 1.56. The van der Waals surface area contributed by atoms with Crippen LogP contribution in [0.1, 0.15) is 29.6 Å². The predicted molar refractivity (Wildman–Crippen MR) is 68.9 cm³/mol. The van der Waals surface area contributed by atoms with E-state index in [0.29, 0.717) is 25.0 Å². The zero-order chi connectivity index (χ0) is 15.6. The third-order valence-electron chi connectivity index (χ3n) is 3.51. The first-order valence-corrected chi connectivity index (χ1v) is 6.39. The number of nitro benzene ring substituents is 1. The van der Waals surface area contributed by atoms with Crippen LogP contribution in [-0.4, -0.2) is 30.1 Å². The molecule has 0 saturated heterocycles. The lowest BCUT2D eigenvalue weighted by molar-refractivity contribution is -0.387. The van der Waals surface area contributed by atoms with Gasteiger partial charge in [-0.25, -0.2) is 4.39 Å². The molecular formula is C13H14F2N2O4. The fourth-order valence-corrected chi connectivity index (χ4v) is 2.42. The molecule has 2 unspecified atom stereocenters. The van der Waals surface area contributed by atoms with Gasteiger partial charge in [-0.15, -0.1) is 0 Å². The van der Waals surface area contributed by atoms with Crippen LogP contribution in [0.4, 0.5) is 14.5 Å². The summed E-state index contributed by atoms with van der Waals surface area (Å²) >= 11 is 0. The molecule has 21 heavy (non-hydrogen) atoms. The van der Waals surface area contributed by atoms with Crippen LogP contribution in [0.15, 0.2) is 12.1 Å². The lowest BCUT2D eigenvalue weighted by Crippen LogP contribution is -2.34. The summed E-state index contributed by atoms with van der Waals surface area (Å²) in [5.74, 6) is -3.23. The predicted octanol–water partition coefficient (Wildman–Crippen LogP) is 2.17. The van der Waals surface area contributed by atoms with E-state index >= 15 is 0 Å². The Balaban J connectivity index is 2.18. The molecule has 1 aromatic carbocycles. The first kappa shape index (κ1) is 15.3. The molecule has 0 aromatic heterocycles. The Kier molecular flexibility index (Phi) is 4.46. The van der Waals surface area contributed by atoms with Gasteiger partial charge in [-0.05, 0) is 25.3 Å². The van der Waals surface area contributed by atoms with Crippen molar-refractivity contribution in [1.82, 2.24) is 5.32 Å². The van der Waals surface area contributed by atoms with E-state index < -0.39 is 33.7 Å². The lowest BCUT2D eigenvalue weighted by Gasteiger charge is -2.13. The van der Waals surface area contributed by atoms with E-state index in [2.05, 4.69) is 5.32 Å². The highest BCUT2D eigenvalue weighted by molar-refractivity contribution is 5.95. The first-order chi connectivity index (χ1) is 9.92. The summed E-state index contributed by atoms with van der Waals surface area (Å²) in [5, 5.41) is 13.2. The van der Waals surface area contributed by atoms with Crippen LogP contribution in [0.2, 0.25) is 0 Å². The Morgan fingerprint density at radius 2 is 2.14 bits per heavy atom. The fourth-order valence-electron chi connectivity index (χ4n) is 2.42. The van der Waals surface area contributed by atoms with E-state index in [-0.39, 0.29) is 12.1 Å². The third kappa shape index (κ3) is 3.33. The maximum atomic E-state index is 13.9. The van der Waals surface area contributed by atoms with Crippen molar-refractivity contribution in [3.63, 3.8) is 0 Å². The van der Waals surface area contributed by atoms with Crippen molar-refractivity contribution >= 4 is 11.6 Å². The minimum atomic E-state index is -1.33. The highest BCUT2D eigenvalue weighted by atomic mass is 19.1. The minimum absolute atomic E-state index is 0.0157.